The summed E-state index contributed by atoms with van der Waals surface area (Å²) >= 11 is 1.26. The van der Waals surface area contributed by atoms with Crippen molar-refractivity contribution in [3.8, 4) is 22.3 Å². The fourth-order valence-corrected chi connectivity index (χ4v) is 3.57. The van der Waals surface area contributed by atoms with Gasteiger partial charge in [0, 0.05) is 21.9 Å². The van der Waals surface area contributed by atoms with E-state index in [2.05, 4.69) is 4.74 Å². The van der Waals surface area contributed by atoms with E-state index in [9.17, 15) is 26.3 Å². The van der Waals surface area contributed by atoms with Crippen molar-refractivity contribution in [2.45, 2.75) is 19.5 Å². The number of ether oxygens (including phenoxy) is 1. The van der Waals surface area contributed by atoms with E-state index in [0.717, 1.165) is 17.0 Å². The average Bonchev–Trinajstić information content (AvgIpc) is 3.09. The van der Waals surface area contributed by atoms with E-state index >= 15 is 0 Å². The summed E-state index contributed by atoms with van der Waals surface area (Å²) in [6, 6.07) is 6.73. The van der Waals surface area contributed by atoms with Gasteiger partial charge in [0.05, 0.1) is 0 Å². The Kier molecular flexibility index (Phi) is 5.57. The molecule has 0 fully saturated rings. The van der Waals surface area contributed by atoms with Gasteiger partial charge in [-0.3, -0.25) is 0 Å². The third-order valence-electron chi connectivity index (χ3n) is 4.00. The number of thiophene rings is 1. The number of nitrogens with zero attached hydrogens (tertiary/aromatic N) is 1. The SMILES string of the molecule is CCc1ccc(-c2cc(F)c(C(F)(F)Oc3cc(F)c(C#N)c(F)c3)c(F)c2)s1. The van der Waals surface area contributed by atoms with Gasteiger partial charge in [0.25, 0.3) is 0 Å². The molecule has 0 aliphatic carbocycles. The first-order valence-corrected chi connectivity index (χ1v) is 9.02. The maximum Gasteiger partial charge on any atom is 0.432 e. The van der Waals surface area contributed by atoms with Crippen LogP contribution >= 0.6 is 11.3 Å². The van der Waals surface area contributed by atoms with Gasteiger partial charge in [-0.25, -0.2) is 17.6 Å². The molecule has 2 nitrogen and oxygen atoms in total. The Labute approximate surface area is 165 Å². The number of alkyl halides is 2. The fourth-order valence-electron chi connectivity index (χ4n) is 2.63. The molecule has 0 amide bonds. The second-order valence-corrected chi connectivity index (χ2v) is 7.10. The van der Waals surface area contributed by atoms with Gasteiger partial charge in [-0.05, 0) is 36.2 Å². The van der Waals surface area contributed by atoms with Gasteiger partial charge in [0.1, 0.15) is 46.2 Å². The Morgan fingerprint density at radius 2 is 1.55 bits per heavy atom. The summed E-state index contributed by atoms with van der Waals surface area (Å²) in [6.07, 6.45) is -3.86. The summed E-state index contributed by atoms with van der Waals surface area (Å²) in [4.78, 5) is 1.44. The van der Waals surface area contributed by atoms with Crippen molar-refractivity contribution in [3.63, 3.8) is 0 Å². The van der Waals surface area contributed by atoms with Gasteiger partial charge in [0.2, 0.25) is 0 Å². The lowest BCUT2D eigenvalue weighted by atomic mass is 10.1. The molecule has 3 rings (SSSR count). The number of nitriles is 1. The van der Waals surface area contributed by atoms with Gasteiger partial charge < -0.3 is 4.74 Å². The van der Waals surface area contributed by atoms with Crippen LogP contribution in [0.1, 0.15) is 22.9 Å². The molecular formula is C20H11F6NOS. The maximum atomic E-state index is 14.4. The molecule has 0 saturated heterocycles. The minimum absolute atomic E-state index is 0.0692. The first-order valence-electron chi connectivity index (χ1n) is 8.20. The highest BCUT2D eigenvalue weighted by Gasteiger charge is 2.41. The molecule has 1 heterocycles. The van der Waals surface area contributed by atoms with Crippen LogP contribution in [-0.4, -0.2) is 0 Å². The van der Waals surface area contributed by atoms with Crippen molar-refractivity contribution >= 4 is 11.3 Å². The largest absolute Gasteiger partial charge is 0.432 e. The third kappa shape index (κ3) is 4.07. The molecule has 29 heavy (non-hydrogen) atoms. The summed E-state index contributed by atoms with van der Waals surface area (Å²) < 4.78 is 88.9. The van der Waals surface area contributed by atoms with E-state index in [1.165, 1.54) is 17.4 Å². The van der Waals surface area contributed by atoms with Crippen LogP contribution in [0, 0.1) is 34.6 Å². The van der Waals surface area contributed by atoms with E-state index in [1.807, 2.05) is 6.92 Å². The molecular weight excluding hydrogens is 416 g/mol. The number of hydrogen-bond donors (Lipinski definition) is 0. The molecule has 0 aliphatic heterocycles. The molecule has 0 N–H and O–H groups in total. The predicted octanol–water partition coefficient (Wildman–Crippen LogP) is 6.53. The molecule has 0 spiro atoms. The highest BCUT2D eigenvalue weighted by Crippen LogP contribution is 2.38. The van der Waals surface area contributed by atoms with E-state index in [0.29, 0.717) is 23.4 Å². The van der Waals surface area contributed by atoms with E-state index in [-0.39, 0.29) is 5.56 Å². The molecule has 0 unspecified atom stereocenters. The molecule has 0 bridgehead atoms. The van der Waals surface area contributed by atoms with E-state index < -0.39 is 46.3 Å². The zero-order valence-electron chi connectivity index (χ0n) is 14.7. The predicted molar refractivity (Wildman–Crippen MR) is 94.6 cm³/mol. The second-order valence-electron chi connectivity index (χ2n) is 5.93. The van der Waals surface area contributed by atoms with Crippen LogP contribution in [0.2, 0.25) is 0 Å². The Balaban J connectivity index is 1.97. The van der Waals surface area contributed by atoms with Crippen LogP contribution < -0.4 is 4.74 Å². The van der Waals surface area contributed by atoms with Gasteiger partial charge in [-0.1, -0.05) is 6.92 Å². The van der Waals surface area contributed by atoms with Gasteiger partial charge >= 0.3 is 6.11 Å². The van der Waals surface area contributed by atoms with E-state index in [1.54, 1.807) is 12.1 Å². The summed E-state index contributed by atoms with van der Waals surface area (Å²) in [5.74, 6) is -7.08. The Hall–Kier alpha value is -2.99. The van der Waals surface area contributed by atoms with Crippen molar-refractivity contribution in [1.29, 1.82) is 5.26 Å². The lowest BCUT2D eigenvalue weighted by Gasteiger charge is -2.20. The summed E-state index contributed by atoms with van der Waals surface area (Å²) in [7, 11) is 0. The zero-order valence-corrected chi connectivity index (χ0v) is 15.5. The van der Waals surface area contributed by atoms with Crippen molar-refractivity contribution in [2.75, 3.05) is 0 Å². The Morgan fingerprint density at radius 1 is 0.966 bits per heavy atom. The summed E-state index contributed by atoms with van der Waals surface area (Å²) in [5.41, 5.74) is -2.62. The van der Waals surface area contributed by atoms with Gasteiger partial charge in [-0.15, -0.1) is 11.3 Å². The van der Waals surface area contributed by atoms with Crippen LogP contribution in [0.3, 0.4) is 0 Å². The van der Waals surface area contributed by atoms with Crippen LogP contribution in [-0.2, 0) is 12.5 Å². The number of rotatable bonds is 5. The van der Waals surface area contributed by atoms with Crippen LogP contribution in [0.25, 0.3) is 10.4 Å². The van der Waals surface area contributed by atoms with Crippen LogP contribution in [0.4, 0.5) is 26.3 Å². The maximum absolute atomic E-state index is 14.4. The van der Waals surface area contributed by atoms with Gasteiger partial charge in [-0.2, -0.15) is 14.0 Å². The molecule has 0 saturated carbocycles. The molecule has 1 aromatic heterocycles. The highest BCUT2D eigenvalue weighted by molar-refractivity contribution is 7.15. The molecule has 0 atom stereocenters. The lowest BCUT2D eigenvalue weighted by molar-refractivity contribution is -0.189. The second kappa shape index (κ2) is 7.79. The van der Waals surface area contributed by atoms with Crippen molar-refractivity contribution in [2.24, 2.45) is 0 Å². The van der Waals surface area contributed by atoms with Crippen molar-refractivity contribution in [1.82, 2.24) is 0 Å². The smallest absolute Gasteiger partial charge is 0.429 e. The first kappa shape index (κ1) is 20.7. The Bertz CT molecular complexity index is 1070. The number of aryl methyl sites for hydroxylation is 1. The van der Waals surface area contributed by atoms with E-state index in [4.69, 9.17) is 5.26 Å². The molecule has 150 valence electrons. The lowest BCUT2D eigenvalue weighted by Crippen LogP contribution is -2.25. The zero-order chi connectivity index (χ0) is 21.3. The molecule has 0 aliphatic rings. The molecule has 2 aromatic carbocycles. The summed E-state index contributed by atoms with van der Waals surface area (Å²) in [6.45, 7) is 1.90. The number of hydrogen-bond acceptors (Lipinski definition) is 3. The minimum Gasteiger partial charge on any atom is -0.429 e. The fraction of sp³-hybridized carbons (Fsp3) is 0.150. The first-order chi connectivity index (χ1) is 13.7. The van der Waals surface area contributed by atoms with Crippen LogP contribution in [0.15, 0.2) is 36.4 Å². The van der Waals surface area contributed by atoms with Crippen LogP contribution in [0.5, 0.6) is 5.75 Å². The molecule has 9 heteroatoms. The molecule has 0 radical (unpaired) electrons. The highest BCUT2D eigenvalue weighted by atomic mass is 32.1. The van der Waals surface area contributed by atoms with Crippen molar-refractivity contribution in [3.05, 3.63) is 75.7 Å². The van der Waals surface area contributed by atoms with Gasteiger partial charge in [0.15, 0.2) is 0 Å². The molecule has 3 aromatic rings. The average molecular weight is 427 g/mol. The topological polar surface area (TPSA) is 33.0 Å². The monoisotopic (exact) mass is 427 g/mol. The normalized spacial score (nSPS) is 11.4. The standard InChI is InChI=1S/C20H11F6NOS/c1-2-12-3-4-18(29-12)10-5-16(23)19(17(24)6-10)20(25,26)28-11-7-14(21)13(9-27)15(22)8-11/h3-8H,2H2,1H3. The number of halogens is 6. The minimum atomic E-state index is -4.57. The third-order valence-corrected chi connectivity index (χ3v) is 5.28. The summed E-state index contributed by atoms with van der Waals surface area (Å²) in [5, 5.41) is 8.59. The number of benzene rings is 2. The Morgan fingerprint density at radius 3 is 2.03 bits per heavy atom. The quantitative estimate of drug-likeness (QED) is 0.434. The van der Waals surface area contributed by atoms with Crippen molar-refractivity contribution < 1.29 is 31.1 Å².